The lowest BCUT2D eigenvalue weighted by Crippen LogP contribution is -2.28. The van der Waals surface area contributed by atoms with E-state index in [4.69, 9.17) is 4.74 Å². The highest BCUT2D eigenvalue weighted by Crippen LogP contribution is 2.28. The summed E-state index contributed by atoms with van der Waals surface area (Å²) in [4.78, 5) is 0.316. The molecule has 0 aromatic heterocycles. The van der Waals surface area contributed by atoms with Crippen LogP contribution in [0.3, 0.4) is 0 Å². The third-order valence-electron chi connectivity index (χ3n) is 4.55. The van der Waals surface area contributed by atoms with Crippen LogP contribution in [0.15, 0.2) is 41.3 Å². The second kappa shape index (κ2) is 7.41. The van der Waals surface area contributed by atoms with Gasteiger partial charge in [-0.2, -0.15) is 0 Å². The highest BCUT2D eigenvalue weighted by molar-refractivity contribution is 7.89. The van der Waals surface area contributed by atoms with Gasteiger partial charge in [-0.1, -0.05) is 45.0 Å². The molecule has 0 fully saturated rings. The van der Waals surface area contributed by atoms with E-state index in [9.17, 15) is 8.42 Å². The Morgan fingerprint density at radius 3 is 1.92 bits per heavy atom. The van der Waals surface area contributed by atoms with Crippen LogP contribution in [0, 0.1) is 13.8 Å². The molecule has 0 saturated carbocycles. The number of hydrogen-bond donors (Lipinski definition) is 1. The predicted octanol–water partition coefficient (Wildman–Crippen LogP) is 4.65. The number of aryl methyl sites for hydroxylation is 2. The van der Waals surface area contributed by atoms with Crippen molar-refractivity contribution in [1.29, 1.82) is 0 Å². The monoisotopic (exact) mass is 375 g/mol. The normalized spacial score (nSPS) is 13.5. The molecule has 4 nitrogen and oxygen atoms in total. The average molecular weight is 376 g/mol. The third kappa shape index (κ3) is 4.46. The smallest absolute Gasteiger partial charge is 0.241 e. The van der Waals surface area contributed by atoms with Crippen molar-refractivity contribution in [2.75, 3.05) is 7.11 Å². The molecule has 0 aliphatic heterocycles. The Morgan fingerprint density at radius 1 is 1.00 bits per heavy atom. The second-order valence-corrected chi connectivity index (χ2v) is 9.46. The van der Waals surface area contributed by atoms with Crippen molar-refractivity contribution in [1.82, 2.24) is 4.72 Å². The van der Waals surface area contributed by atoms with E-state index in [0.717, 1.165) is 5.56 Å². The molecule has 2 aromatic carbocycles. The van der Waals surface area contributed by atoms with Gasteiger partial charge in [0.25, 0.3) is 0 Å². The fourth-order valence-corrected chi connectivity index (χ4v) is 4.77. The Hall–Kier alpha value is -1.85. The predicted molar refractivity (Wildman–Crippen MR) is 106 cm³/mol. The van der Waals surface area contributed by atoms with Crippen LogP contribution in [-0.2, 0) is 15.4 Å². The maximum Gasteiger partial charge on any atom is 0.241 e. The lowest BCUT2D eigenvalue weighted by atomic mass is 9.86. The van der Waals surface area contributed by atoms with E-state index >= 15 is 0 Å². The lowest BCUT2D eigenvalue weighted by molar-refractivity contribution is 0.413. The maximum atomic E-state index is 12.9. The topological polar surface area (TPSA) is 55.4 Å². The first-order valence-electron chi connectivity index (χ1n) is 8.73. The molecule has 0 amide bonds. The lowest BCUT2D eigenvalue weighted by Gasteiger charge is -2.21. The molecule has 0 heterocycles. The first kappa shape index (κ1) is 20.5. The maximum absolute atomic E-state index is 12.9. The van der Waals surface area contributed by atoms with E-state index in [1.54, 1.807) is 33.1 Å². The molecular formula is C21H29NO3S. The Balaban J connectivity index is 2.29. The summed E-state index contributed by atoms with van der Waals surface area (Å²) in [7, 11) is -2.06. The molecule has 2 rings (SSSR count). The van der Waals surface area contributed by atoms with Crippen LogP contribution >= 0.6 is 0 Å². The van der Waals surface area contributed by atoms with Crippen LogP contribution in [0.1, 0.15) is 56.0 Å². The molecular weight excluding hydrogens is 346 g/mol. The zero-order valence-corrected chi connectivity index (χ0v) is 17.5. The Bertz CT molecular complexity index is 855. The van der Waals surface area contributed by atoms with Gasteiger partial charge in [-0.15, -0.1) is 0 Å². The Kier molecular flexibility index (Phi) is 5.83. The van der Waals surface area contributed by atoms with Gasteiger partial charge in [0.15, 0.2) is 0 Å². The number of ether oxygens (including phenoxy) is 1. The molecule has 0 radical (unpaired) electrons. The molecule has 26 heavy (non-hydrogen) atoms. The minimum Gasteiger partial charge on any atom is -0.497 e. The summed E-state index contributed by atoms with van der Waals surface area (Å²) in [6, 6.07) is 11.3. The van der Waals surface area contributed by atoms with E-state index in [1.165, 1.54) is 5.56 Å². The zero-order chi connectivity index (χ0) is 19.7. The number of benzene rings is 2. The van der Waals surface area contributed by atoms with E-state index < -0.39 is 10.0 Å². The van der Waals surface area contributed by atoms with Gasteiger partial charge < -0.3 is 4.74 Å². The molecule has 0 aliphatic carbocycles. The van der Waals surface area contributed by atoms with E-state index in [0.29, 0.717) is 21.8 Å². The van der Waals surface area contributed by atoms with Gasteiger partial charge in [0.2, 0.25) is 10.0 Å². The van der Waals surface area contributed by atoms with Gasteiger partial charge in [-0.3, -0.25) is 0 Å². The standard InChI is InChI=1S/C21H29NO3S/c1-14-12-19(25-7)13-15(2)20(14)26(23,24)22-16(3)17-8-10-18(11-9-17)21(4,5)6/h8-13,16,22H,1-7H3. The van der Waals surface area contributed by atoms with Crippen LogP contribution < -0.4 is 9.46 Å². The molecule has 5 heteroatoms. The van der Waals surface area contributed by atoms with Gasteiger partial charge in [0.1, 0.15) is 5.75 Å². The number of hydrogen-bond acceptors (Lipinski definition) is 3. The molecule has 0 bridgehead atoms. The first-order chi connectivity index (χ1) is 12.0. The number of nitrogens with one attached hydrogen (secondary N) is 1. The average Bonchev–Trinajstić information content (AvgIpc) is 2.52. The number of methoxy groups -OCH3 is 1. The zero-order valence-electron chi connectivity index (χ0n) is 16.7. The van der Waals surface area contributed by atoms with Crippen molar-refractivity contribution in [2.45, 2.75) is 57.9 Å². The second-order valence-electron chi connectivity index (χ2n) is 7.81. The van der Waals surface area contributed by atoms with Crippen LogP contribution in [0.4, 0.5) is 0 Å². The summed E-state index contributed by atoms with van der Waals surface area (Å²) in [6.07, 6.45) is 0. The van der Waals surface area contributed by atoms with Crippen molar-refractivity contribution < 1.29 is 13.2 Å². The molecule has 2 aromatic rings. The molecule has 0 spiro atoms. The van der Waals surface area contributed by atoms with E-state index in [-0.39, 0.29) is 11.5 Å². The summed E-state index contributed by atoms with van der Waals surface area (Å²) < 4.78 is 33.9. The molecule has 1 unspecified atom stereocenters. The third-order valence-corrected chi connectivity index (χ3v) is 6.39. The summed E-state index contributed by atoms with van der Waals surface area (Å²) in [5, 5.41) is 0. The van der Waals surface area contributed by atoms with E-state index in [2.05, 4.69) is 37.6 Å². The highest BCUT2D eigenvalue weighted by atomic mass is 32.2. The molecule has 1 N–H and O–H groups in total. The van der Waals surface area contributed by atoms with Gasteiger partial charge in [0.05, 0.1) is 12.0 Å². The van der Waals surface area contributed by atoms with Crippen molar-refractivity contribution in [3.8, 4) is 5.75 Å². The minimum atomic E-state index is -3.64. The van der Waals surface area contributed by atoms with E-state index in [1.807, 2.05) is 19.1 Å². The summed E-state index contributed by atoms with van der Waals surface area (Å²) in [5.41, 5.74) is 3.57. The fraction of sp³-hybridized carbons (Fsp3) is 0.429. The summed E-state index contributed by atoms with van der Waals surface area (Å²) in [6.45, 7) is 11.9. The van der Waals surface area contributed by atoms with Gasteiger partial charge in [0, 0.05) is 6.04 Å². The van der Waals surface area contributed by atoms with Gasteiger partial charge in [-0.25, -0.2) is 13.1 Å². The Labute approximate surface area is 157 Å². The largest absolute Gasteiger partial charge is 0.497 e. The molecule has 142 valence electrons. The molecule has 0 aliphatic rings. The highest BCUT2D eigenvalue weighted by Gasteiger charge is 2.23. The summed E-state index contributed by atoms with van der Waals surface area (Å²) >= 11 is 0. The van der Waals surface area contributed by atoms with Crippen molar-refractivity contribution >= 4 is 10.0 Å². The van der Waals surface area contributed by atoms with Gasteiger partial charge >= 0.3 is 0 Å². The summed E-state index contributed by atoms with van der Waals surface area (Å²) in [5.74, 6) is 0.657. The fourth-order valence-electron chi connectivity index (χ4n) is 3.08. The van der Waals surface area contributed by atoms with Crippen molar-refractivity contribution in [2.24, 2.45) is 0 Å². The number of rotatable bonds is 5. The quantitative estimate of drug-likeness (QED) is 0.828. The minimum absolute atomic E-state index is 0.0680. The van der Waals surface area contributed by atoms with Gasteiger partial charge in [-0.05, 0) is 60.6 Å². The van der Waals surface area contributed by atoms with Crippen molar-refractivity contribution in [3.63, 3.8) is 0 Å². The molecule has 0 saturated heterocycles. The van der Waals surface area contributed by atoms with Crippen LogP contribution in [0.2, 0.25) is 0 Å². The SMILES string of the molecule is COc1cc(C)c(S(=O)(=O)NC(C)c2ccc(C(C)(C)C)cc2)c(C)c1. The molecule has 1 atom stereocenters. The number of sulfonamides is 1. The van der Waals surface area contributed by atoms with Crippen LogP contribution in [-0.4, -0.2) is 15.5 Å². The van der Waals surface area contributed by atoms with Crippen molar-refractivity contribution in [3.05, 3.63) is 58.7 Å². The Morgan fingerprint density at radius 2 is 1.50 bits per heavy atom. The van der Waals surface area contributed by atoms with Crippen LogP contribution in [0.25, 0.3) is 0 Å². The van der Waals surface area contributed by atoms with Crippen LogP contribution in [0.5, 0.6) is 5.75 Å². The first-order valence-corrected chi connectivity index (χ1v) is 10.2.